The van der Waals surface area contributed by atoms with Crippen LogP contribution in [0.5, 0.6) is 0 Å². The molecule has 0 N–H and O–H groups in total. The maximum atomic E-state index is 13.5. The average molecular weight is 454 g/mol. The number of halogens is 1. The molecule has 3 aliphatic rings. The molecule has 1 aliphatic heterocycles. The van der Waals surface area contributed by atoms with Crippen molar-refractivity contribution < 1.29 is 19.3 Å². The zero-order chi connectivity index (χ0) is 22.6. The van der Waals surface area contributed by atoms with E-state index in [9.17, 15) is 24.5 Å². The highest BCUT2D eigenvalue weighted by Crippen LogP contribution is 2.56. The van der Waals surface area contributed by atoms with Gasteiger partial charge in [-0.2, -0.15) is 5.01 Å². The molecule has 32 heavy (non-hydrogen) atoms. The number of non-ortho nitro benzene ring substituents is 1. The van der Waals surface area contributed by atoms with Crippen molar-refractivity contribution >= 4 is 35.0 Å². The Morgan fingerprint density at radius 1 is 1.03 bits per heavy atom. The van der Waals surface area contributed by atoms with Crippen LogP contribution in [0.2, 0.25) is 5.02 Å². The molecule has 0 aromatic heterocycles. The standard InChI is InChI=1S/C23H20ClN3O5/c24-18-4-2-1-3-17(18)21(28)25(12-13-5-9-16(10-6-13)27(31)32)26-22(29)19-14-7-8-15(11-14)20(19)23(26)30/h1-6,9-10,14-15,19-20H,7-8,11-12H2/t14-,15+,19-,20+. The van der Waals surface area contributed by atoms with Crippen molar-refractivity contribution in [2.24, 2.45) is 23.7 Å². The minimum absolute atomic E-state index is 0.0860. The summed E-state index contributed by atoms with van der Waals surface area (Å²) in [4.78, 5) is 50.7. The Morgan fingerprint density at radius 3 is 2.19 bits per heavy atom. The number of nitro groups is 1. The second-order valence-electron chi connectivity index (χ2n) is 8.64. The second-order valence-corrected chi connectivity index (χ2v) is 9.05. The van der Waals surface area contributed by atoms with Gasteiger partial charge in [0.1, 0.15) is 0 Å². The molecule has 5 rings (SSSR count). The van der Waals surface area contributed by atoms with Gasteiger partial charge in [-0.25, -0.2) is 5.01 Å². The fourth-order valence-corrected chi connectivity index (χ4v) is 5.75. The second kappa shape index (κ2) is 7.70. The predicted molar refractivity (Wildman–Crippen MR) is 114 cm³/mol. The van der Waals surface area contributed by atoms with E-state index in [1.807, 2.05) is 0 Å². The number of imide groups is 1. The molecule has 0 spiro atoms. The number of amides is 3. The third kappa shape index (κ3) is 3.17. The highest BCUT2D eigenvalue weighted by Gasteiger charge is 2.62. The molecule has 8 nitrogen and oxygen atoms in total. The lowest BCUT2D eigenvalue weighted by Crippen LogP contribution is -2.50. The van der Waals surface area contributed by atoms with Gasteiger partial charge in [-0.15, -0.1) is 0 Å². The van der Waals surface area contributed by atoms with Crippen molar-refractivity contribution in [2.75, 3.05) is 0 Å². The van der Waals surface area contributed by atoms with Gasteiger partial charge in [0.15, 0.2) is 0 Å². The van der Waals surface area contributed by atoms with Gasteiger partial charge in [-0.05, 0) is 48.8 Å². The largest absolute Gasteiger partial charge is 0.274 e. The van der Waals surface area contributed by atoms with Gasteiger partial charge in [0.05, 0.1) is 33.9 Å². The predicted octanol–water partition coefficient (Wildman–Crippen LogP) is 3.84. The molecular weight excluding hydrogens is 434 g/mol. The van der Waals surface area contributed by atoms with Crippen LogP contribution in [0.3, 0.4) is 0 Å². The molecule has 1 heterocycles. The lowest BCUT2D eigenvalue weighted by atomic mass is 9.81. The molecule has 2 aliphatic carbocycles. The number of benzene rings is 2. The number of hydrogen-bond donors (Lipinski definition) is 0. The summed E-state index contributed by atoms with van der Waals surface area (Å²) >= 11 is 6.24. The topological polar surface area (TPSA) is 101 Å². The first-order valence-corrected chi connectivity index (χ1v) is 10.9. The number of nitrogens with zero attached hydrogens (tertiary/aromatic N) is 3. The van der Waals surface area contributed by atoms with E-state index in [0.717, 1.165) is 29.3 Å². The Hall–Kier alpha value is -3.26. The number of carbonyl (C=O) groups is 3. The van der Waals surface area contributed by atoms with E-state index < -0.39 is 10.8 Å². The highest BCUT2D eigenvalue weighted by molar-refractivity contribution is 6.33. The first-order valence-electron chi connectivity index (χ1n) is 10.5. The molecule has 1 saturated heterocycles. The summed E-state index contributed by atoms with van der Waals surface area (Å²) in [7, 11) is 0. The smallest absolute Gasteiger partial charge is 0.272 e. The molecule has 2 aromatic rings. The summed E-state index contributed by atoms with van der Waals surface area (Å²) in [5.41, 5.74) is 0.644. The number of nitro benzene ring substituents is 1. The molecule has 3 fully saturated rings. The van der Waals surface area contributed by atoms with Crippen LogP contribution in [0, 0.1) is 33.8 Å². The lowest BCUT2D eigenvalue weighted by Gasteiger charge is -2.31. The van der Waals surface area contributed by atoms with Crippen molar-refractivity contribution in [3.63, 3.8) is 0 Å². The Kier molecular flexibility index (Phi) is 4.97. The summed E-state index contributed by atoms with van der Waals surface area (Å²) in [6.45, 7) is -0.0890. The van der Waals surface area contributed by atoms with E-state index in [4.69, 9.17) is 11.6 Å². The van der Waals surface area contributed by atoms with Crippen LogP contribution in [0.15, 0.2) is 48.5 Å². The molecule has 0 radical (unpaired) electrons. The molecule has 164 valence electrons. The van der Waals surface area contributed by atoms with E-state index in [1.165, 1.54) is 24.3 Å². The summed E-state index contributed by atoms with van der Waals surface area (Å²) < 4.78 is 0. The van der Waals surface area contributed by atoms with E-state index in [0.29, 0.717) is 5.56 Å². The molecule has 3 amide bonds. The van der Waals surface area contributed by atoms with Crippen LogP contribution in [0.4, 0.5) is 5.69 Å². The molecule has 0 unspecified atom stereocenters. The Balaban J connectivity index is 1.52. The summed E-state index contributed by atoms with van der Waals surface area (Å²) in [5, 5.41) is 13.3. The zero-order valence-electron chi connectivity index (χ0n) is 17.0. The van der Waals surface area contributed by atoms with Crippen molar-refractivity contribution in [1.29, 1.82) is 0 Å². The molecule has 2 aromatic carbocycles. The number of hydrazine groups is 1. The van der Waals surface area contributed by atoms with E-state index in [1.54, 1.807) is 24.3 Å². The maximum Gasteiger partial charge on any atom is 0.274 e. The minimum Gasteiger partial charge on any atom is -0.272 e. The van der Waals surface area contributed by atoms with E-state index in [2.05, 4.69) is 0 Å². The fourth-order valence-electron chi connectivity index (χ4n) is 5.53. The van der Waals surface area contributed by atoms with Crippen LogP contribution in [0.25, 0.3) is 0 Å². The summed E-state index contributed by atoms with van der Waals surface area (Å²) in [5.74, 6) is -1.63. The van der Waals surface area contributed by atoms with Crippen molar-refractivity contribution in [3.8, 4) is 0 Å². The van der Waals surface area contributed by atoms with Crippen molar-refractivity contribution in [3.05, 3.63) is 74.8 Å². The van der Waals surface area contributed by atoms with Crippen LogP contribution in [-0.2, 0) is 16.1 Å². The lowest BCUT2D eigenvalue weighted by molar-refractivity contribution is -0.384. The number of carbonyl (C=O) groups excluding carboxylic acids is 3. The molecule has 4 atom stereocenters. The van der Waals surface area contributed by atoms with Gasteiger partial charge < -0.3 is 0 Å². The van der Waals surface area contributed by atoms with Crippen LogP contribution in [0.1, 0.15) is 35.2 Å². The molecule has 2 bridgehead atoms. The number of rotatable bonds is 5. The van der Waals surface area contributed by atoms with Gasteiger partial charge >= 0.3 is 0 Å². The van der Waals surface area contributed by atoms with Gasteiger partial charge in [-0.3, -0.25) is 24.5 Å². The van der Waals surface area contributed by atoms with Gasteiger partial charge in [0, 0.05) is 12.1 Å². The summed E-state index contributed by atoms with van der Waals surface area (Å²) in [6, 6.07) is 12.2. The Morgan fingerprint density at radius 2 is 1.62 bits per heavy atom. The highest BCUT2D eigenvalue weighted by atomic mass is 35.5. The molecule has 2 saturated carbocycles. The van der Waals surface area contributed by atoms with Gasteiger partial charge in [0.2, 0.25) is 0 Å². The van der Waals surface area contributed by atoms with Gasteiger partial charge in [0.25, 0.3) is 23.4 Å². The summed E-state index contributed by atoms with van der Waals surface area (Å²) in [6.07, 6.45) is 2.75. The van der Waals surface area contributed by atoms with Crippen LogP contribution < -0.4 is 0 Å². The SMILES string of the molecule is O=C(c1ccccc1Cl)N(Cc1ccc([N+](=O)[O-])cc1)N1C(=O)[C@@H]2[C@@H]3CC[C@@H](C3)[C@@H]2C1=O. The maximum absolute atomic E-state index is 13.5. The Bertz CT molecular complexity index is 1110. The molecule has 9 heteroatoms. The van der Waals surface area contributed by atoms with E-state index >= 15 is 0 Å². The first kappa shape index (κ1) is 20.6. The van der Waals surface area contributed by atoms with Crippen LogP contribution >= 0.6 is 11.6 Å². The minimum atomic E-state index is -0.567. The Labute approximate surface area is 188 Å². The fraction of sp³-hybridized carbons (Fsp3) is 0.348. The monoisotopic (exact) mass is 453 g/mol. The van der Waals surface area contributed by atoms with Crippen molar-refractivity contribution in [2.45, 2.75) is 25.8 Å². The quantitative estimate of drug-likeness (QED) is 0.389. The number of fused-ring (bicyclic) bond motifs is 5. The third-order valence-electron chi connectivity index (χ3n) is 6.96. The average Bonchev–Trinajstić information content (AvgIpc) is 3.46. The third-order valence-corrected chi connectivity index (χ3v) is 7.29. The normalized spacial score (nSPS) is 25.8. The van der Waals surface area contributed by atoms with Gasteiger partial charge in [-0.1, -0.05) is 35.9 Å². The molecular formula is C23H20ClN3O5. The number of hydrogen-bond acceptors (Lipinski definition) is 5. The first-order chi connectivity index (χ1) is 15.4. The van der Waals surface area contributed by atoms with Crippen LogP contribution in [-0.4, -0.2) is 32.7 Å². The van der Waals surface area contributed by atoms with Crippen molar-refractivity contribution in [1.82, 2.24) is 10.0 Å². The van der Waals surface area contributed by atoms with E-state index in [-0.39, 0.29) is 58.3 Å². The zero-order valence-corrected chi connectivity index (χ0v) is 17.8.